The Bertz CT molecular complexity index is 734. The van der Waals surface area contributed by atoms with Crippen LogP contribution in [0.2, 0.25) is 10.0 Å². The van der Waals surface area contributed by atoms with Crippen molar-refractivity contribution in [3.63, 3.8) is 0 Å². The lowest BCUT2D eigenvalue weighted by atomic mass is 10.1. The summed E-state index contributed by atoms with van der Waals surface area (Å²) in [5.74, 6) is 0.581. The summed E-state index contributed by atoms with van der Waals surface area (Å²) in [6, 6.07) is 5.41. The van der Waals surface area contributed by atoms with E-state index in [1.807, 2.05) is 17.8 Å². The van der Waals surface area contributed by atoms with E-state index in [9.17, 15) is 0 Å². The fourth-order valence-electron chi connectivity index (χ4n) is 3.34. The highest BCUT2D eigenvalue weighted by Gasteiger charge is 2.20. The molecule has 0 spiro atoms. The summed E-state index contributed by atoms with van der Waals surface area (Å²) in [5, 5.41) is 5.64. The van der Waals surface area contributed by atoms with Crippen molar-refractivity contribution >= 4 is 23.2 Å². The van der Waals surface area contributed by atoms with E-state index in [2.05, 4.69) is 28.7 Å². The topological polar surface area (TPSA) is 33.5 Å². The molecular formula is C19H26Cl2N4O. The van der Waals surface area contributed by atoms with E-state index >= 15 is 0 Å². The van der Waals surface area contributed by atoms with Crippen molar-refractivity contribution in [1.82, 2.24) is 19.6 Å². The normalized spacial score (nSPS) is 16.2. The van der Waals surface area contributed by atoms with Crippen molar-refractivity contribution in [2.24, 2.45) is 7.05 Å². The highest BCUT2D eigenvalue weighted by molar-refractivity contribution is 6.37. The molecule has 1 fully saturated rings. The van der Waals surface area contributed by atoms with Gasteiger partial charge in [-0.1, -0.05) is 29.3 Å². The Hall–Kier alpha value is -1.27. The number of aromatic nitrogens is 2. The van der Waals surface area contributed by atoms with Crippen LogP contribution in [0.25, 0.3) is 0 Å². The van der Waals surface area contributed by atoms with Crippen LogP contribution in [0.1, 0.15) is 17.0 Å². The summed E-state index contributed by atoms with van der Waals surface area (Å²) >= 11 is 12.3. The second kappa shape index (κ2) is 8.61. The minimum atomic E-state index is 0.560. The quantitative estimate of drug-likeness (QED) is 0.747. The summed E-state index contributed by atoms with van der Waals surface area (Å²) in [6.45, 7) is 10.9. The van der Waals surface area contributed by atoms with E-state index in [-0.39, 0.29) is 0 Å². The molecule has 142 valence electrons. The van der Waals surface area contributed by atoms with E-state index in [4.69, 9.17) is 27.9 Å². The molecule has 0 N–H and O–H groups in total. The van der Waals surface area contributed by atoms with Crippen LogP contribution in [-0.4, -0.2) is 58.9 Å². The smallest absolute Gasteiger partial charge is 0.156 e. The Labute approximate surface area is 165 Å². The molecule has 26 heavy (non-hydrogen) atoms. The first kappa shape index (κ1) is 19.5. The lowest BCUT2D eigenvalue weighted by Gasteiger charge is -2.34. The van der Waals surface area contributed by atoms with E-state index in [1.165, 1.54) is 11.3 Å². The maximum Gasteiger partial charge on any atom is 0.156 e. The number of ether oxygens (including phenoxy) is 1. The molecule has 2 heterocycles. The van der Waals surface area contributed by atoms with E-state index in [0.29, 0.717) is 22.4 Å². The first-order chi connectivity index (χ1) is 12.5. The van der Waals surface area contributed by atoms with Crippen molar-refractivity contribution in [2.45, 2.75) is 20.4 Å². The highest BCUT2D eigenvalue weighted by Crippen LogP contribution is 2.32. The molecule has 1 aromatic heterocycles. The predicted molar refractivity (Wildman–Crippen MR) is 106 cm³/mol. The van der Waals surface area contributed by atoms with Crippen molar-refractivity contribution in [3.8, 4) is 5.75 Å². The first-order valence-corrected chi connectivity index (χ1v) is 9.72. The number of halogens is 2. The van der Waals surface area contributed by atoms with Crippen LogP contribution in [0.15, 0.2) is 18.2 Å². The molecule has 7 heteroatoms. The molecule has 2 aromatic rings. The molecule has 0 radical (unpaired) electrons. The number of hydrogen-bond acceptors (Lipinski definition) is 4. The molecule has 0 bridgehead atoms. The van der Waals surface area contributed by atoms with Crippen molar-refractivity contribution in [3.05, 3.63) is 45.2 Å². The van der Waals surface area contributed by atoms with Gasteiger partial charge in [-0.2, -0.15) is 5.10 Å². The molecular weight excluding hydrogens is 371 g/mol. The van der Waals surface area contributed by atoms with Gasteiger partial charge < -0.3 is 4.74 Å². The number of hydrogen-bond donors (Lipinski definition) is 0. The lowest BCUT2D eigenvalue weighted by Crippen LogP contribution is -2.47. The van der Waals surface area contributed by atoms with Gasteiger partial charge in [0, 0.05) is 57.6 Å². The Kier molecular flexibility index (Phi) is 6.46. The van der Waals surface area contributed by atoms with Crippen LogP contribution in [0.5, 0.6) is 5.75 Å². The molecule has 1 aliphatic heterocycles. The van der Waals surface area contributed by atoms with Crippen LogP contribution < -0.4 is 4.74 Å². The highest BCUT2D eigenvalue weighted by atomic mass is 35.5. The summed E-state index contributed by atoms with van der Waals surface area (Å²) in [7, 11) is 2.01. The maximum atomic E-state index is 6.14. The Balaban J connectivity index is 1.44. The number of nitrogens with zero attached hydrogens (tertiary/aromatic N) is 4. The Morgan fingerprint density at radius 3 is 2.23 bits per heavy atom. The molecule has 3 rings (SSSR count). The Morgan fingerprint density at radius 2 is 1.65 bits per heavy atom. The Morgan fingerprint density at radius 1 is 1.04 bits per heavy atom. The second-order valence-corrected chi connectivity index (χ2v) is 7.60. The lowest BCUT2D eigenvalue weighted by molar-refractivity contribution is 0.112. The van der Waals surface area contributed by atoms with Crippen LogP contribution in [0, 0.1) is 13.8 Å². The third-order valence-electron chi connectivity index (χ3n) is 5.08. The summed E-state index contributed by atoms with van der Waals surface area (Å²) < 4.78 is 7.77. The molecule has 5 nitrogen and oxygen atoms in total. The standard InChI is InChI=1S/C19H26Cl2N4O/c1-14-16(15(2)23(3)22-14)13-25-9-7-24(8-10-25)11-12-26-19-17(20)5-4-6-18(19)21/h4-6H,7-13H2,1-3H3. The van der Waals surface area contributed by atoms with Crippen LogP contribution >= 0.6 is 23.2 Å². The zero-order valence-corrected chi connectivity index (χ0v) is 17.1. The maximum absolute atomic E-state index is 6.14. The molecule has 0 amide bonds. The number of rotatable bonds is 6. The third-order valence-corrected chi connectivity index (χ3v) is 5.67. The average Bonchev–Trinajstić information content (AvgIpc) is 2.85. The van der Waals surface area contributed by atoms with Gasteiger partial charge in [-0.15, -0.1) is 0 Å². The third kappa shape index (κ3) is 4.52. The zero-order valence-electron chi connectivity index (χ0n) is 15.6. The molecule has 0 aliphatic carbocycles. The summed E-state index contributed by atoms with van der Waals surface area (Å²) in [4.78, 5) is 4.92. The molecule has 1 saturated heterocycles. The first-order valence-electron chi connectivity index (χ1n) is 8.96. The van der Waals surface area contributed by atoms with E-state index in [1.54, 1.807) is 12.1 Å². The van der Waals surface area contributed by atoms with Crippen molar-refractivity contribution in [2.75, 3.05) is 39.3 Å². The molecule has 0 atom stereocenters. The number of para-hydroxylation sites is 1. The van der Waals surface area contributed by atoms with E-state index in [0.717, 1.165) is 45.0 Å². The molecule has 1 aromatic carbocycles. The van der Waals surface area contributed by atoms with Crippen LogP contribution in [0.3, 0.4) is 0 Å². The molecule has 0 saturated carbocycles. The summed E-state index contributed by atoms with van der Waals surface area (Å²) in [6.07, 6.45) is 0. The summed E-state index contributed by atoms with van der Waals surface area (Å²) in [5.41, 5.74) is 3.75. The monoisotopic (exact) mass is 396 g/mol. The van der Waals surface area contributed by atoms with Crippen LogP contribution in [-0.2, 0) is 13.6 Å². The van der Waals surface area contributed by atoms with Gasteiger partial charge in [0.1, 0.15) is 6.61 Å². The second-order valence-electron chi connectivity index (χ2n) is 6.79. The van der Waals surface area contributed by atoms with Gasteiger partial charge in [0.05, 0.1) is 15.7 Å². The number of aryl methyl sites for hydroxylation is 2. The predicted octanol–water partition coefficient (Wildman–Crippen LogP) is 3.54. The van der Waals surface area contributed by atoms with Crippen molar-refractivity contribution in [1.29, 1.82) is 0 Å². The van der Waals surface area contributed by atoms with Crippen molar-refractivity contribution < 1.29 is 4.74 Å². The fourth-order valence-corrected chi connectivity index (χ4v) is 3.84. The van der Waals surface area contributed by atoms with Gasteiger partial charge in [0.2, 0.25) is 0 Å². The average molecular weight is 397 g/mol. The zero-order chi connectivity index (χ0) is 18.7. The number of piperazine rings is 1. The fraction of sp³-hybridized carbons (Fsp3) is 0.526. The van der Waals surface area contributed by atoms with Gasteiger partial charge in [0.25, 0.3) is 0 Å². The van der Waals surface area contributed by atoms with Gasteiger partial charge in [-0.05, 0) is 26.0 Å². The van der Waals surface area contributed by atoms with Gasteiger partial charge in [0.15, 0.2) is 5.75 Å². The van der Waals surface area contributed by atoms with Gasteiger partial charge in [-0.3, -0.25) is 14.5 Å². The molecule has 0 unspecified atom stereocenters. The largest absolute Gasteiger partial charge is 0.489 e. The SMILES string of the molecule is Cc1nn(C)c(C)c1CN1CCN(CCOc2c(Cl)cccc2Cl)CC1. The van der Waals surface area contributed by atoms with E-state index < -0.39 is 0 Å². The minimum Gasteiger partial charge on any atom is -0.489 e. The minimum absolute atomic E-state index is 0.560. The van der Waals surface area contributed by atoms with Crippen LogP contribution in [0.4, 0.5) is 0 Å². The number of benzene rings is 1. The van der Waals surface area contributed by atoms with Gasteiger partial charge >= 0.3 is 0 Å². The molecule has 1 aliphatic rings. The van der Waals surface area contributed by atoms with Gasteiger partial charge in [-0.25, -0.2) is 0 Å².